The standard InChI is InChI=1S/C7H12N2OS/c1-10-3-2-8-4-7-5-9-6-11-7/h5-6,8H,2-4H2,1H3. The Bertz CT molecular complexity index is 177. The van der Waals surface area contributed by atoms with E-state index in [-0.39, 0.29) is 0 Å². The Morgan fingerprint density at radius 3 is 3.27 bits per heavy atom. The molecule has 1 rings (SSSR count). The van der Waals surface area contributed by atoms with Crippen LogP contribution in [-0.2, 0) is 11.3 Å². The number of hydrogen-bond acceptors (Lipinski definition) is 4. The molecule has 0 saturated carbocycles. The maximum atomic E-state index is 4.89. The van der Waals surface area contributed by atoms with Crippen LogP contribution in [0.3, 0.4) is 0 Å². The summed E-state index contributed by atoms with van der Waals surface area (Å²) in [5.74, 6) is 0. The molecule has 1 aromatic heterocycles. The molecule has 0 atom stereocenters. The van der Waals surface area contributed by atoms with E-state index in [2.05, 4.69) is 10.3 Å². The molecule has 0 aliphatic heterocycles. The normalized spacial score (nSPS) is 10.3. The molecule has 0 aromatic carbocycles. The second kappa shape index (κ2) is 5.23. The van der Waals surface area contributed by atoms with Crippen LogP contribution in [0.15, 0.2) is 11.7 Å². The second-order valence-electron chi connectivity index (χ2n) is 2.14. The SMILES string of the molecule is COCCNCc1cncs1. The van der Waals surface area contributed by atoms with Crippen LogP contribution < -0.4 is 5.32 Å². The summed E-state index contributed by atoms with van der Waals surface area (Å²) in [6.45, 7) is 2.56. The highest BCUT2D eigenvalue weighted by Gasteiger charge is 1.91. The first-order valence-electron chi connectivity index (χ1n) is 3.50. The van der Waals surface area contributed by atoms with Gasteiger partial charge in [0.2, 0.25) is 0 Å². The molecule has 1 N–H and O–H groups in total. The molecule has 0 aliphatic rings. The minimum atomic E-state index is 0.763. The van der Waals surface area contributed by atoms with Crippen molar-refractivity contribution in [2.75, 3.05) is 20.3 Å². The molecule has 1 heterocycles. The molecule has 1 aromatic rings. The topological polar surface area (TPSA) is 34.1 Å². The lowest BCUT2D eigenvalue weighted by Gasteiger charge is -1.99. The Kier molecular flexibility index (Phi) is 4.11. The monoisotopic (exact) mass is 172 g/mol. The van der Waals surface area contributed by atoms with Crippen molar-refractivity contribution in [1.82, 2.24) is 10.3 Å². The van der Waals surface area contributed by atoms with Crippen LogP contribution in [0.25, 0.3) is 0 Å². The summed E-state index contributed by atoms with van der Waals surface area (Å²) < 4.78 is 4.89. The number of rotatable bonds is 5. The van der Waals surface area contributed by atoms with Gasteiger partial charge in [0.05, 0.1) is 12.1 Å². The average Bonchev–Trinajstić information content (AvgIpc) is 2.50. The van der Waals surface area contributed by atoms with Gasteiger partial charge in [-0.25, -0.2) is 0 Å². The lowest BCUT2D eigenvalue weighted by molar-refractivity contribution is 0.199. The predicted octanol–water partition coefficient (Wildman–Crippen LogP) is 0.879. The molecule has 0 fully saturated rings. The van der Waals surface area contributed by atoms with Crippen molar-refractivity contribution in [3.05, 3.63) is 16.6 Å². The molecule has 4 heteroatoms. The molecule has 0 amide bonds. The molecule has 11 heavy (non-hydrogen) atoms. The third-order valence-electron chi connectivity index (χ3n) is 1.27. The van der Waals surface area contributed by atoms with E-state index in [1.165, 1.54) is 4.88 Å². The lowest BCUT2D eigenvalue weighted by Crippen LogP contribution is -2.17. The number of hydrogen-bond donors (Lipinski definition) is 1. The van der Waals surface area contributed by atoms with Crippen molar-refractivity contribution in [1.29, 1.82) is 0 Å². The van der Waals surface area contributed by atoms with Gasteiger partial charge in [0.15, 0.2) is 0 Å². The minimum absolute atomic E-state index is 0.763. The number of aromatic nitrogens is 1. The lowest BCUT2D eigenvalue weighted by atomic mass is 10.5. The molecule has 3 nitrogen and oxygen atoms in total. The number of ether oxygens (including phenoxy) is 1. The van der Waals surface area contributed by atoms with Gasteiger partial charge in [-0.3, -0.25) is 4.98 Å². The van der Waals surface area contributed by atoms with Crippen LogP contribution in [-0.4, -0.2) is 25.2 Å². The molecule has 0 saturated heterocycles. The van der Waals surface area contributed by atoms with E-state index < -0.39 is 0 Å². The molecule has 0 radical (unpaired) electrons. The van der Waals surface area contributed by atoms with Gasteiger partial charge >= 0.3 is 0 Å². The molecule has 0 unspecified atom stereocenters. The Hall–Kier alpha value is -0.450. The molecular formula is C7H12N2OS. The number of thiazole rings is 1. The molecule has 0 aliphatic carbocycles. The summed E-state index contributed by atoms with van der Waals surface area (Å²) in [6.07, 6.45) is 1.88. The number of nitrogens with zero attached hydrogens (tertiary/aromatic N) is 1. The van der Waals surface area contributed by atoms with Gasteiger partial charge in [-0.15, -0.1) is 11.3 Å². The predicted molar refractivity (Wildman–Crippen MR) is 45.7 cm³/mol. The summed E-state index contributed by atoms with van der Waals surface area (Å²) >= 11 is 1.67. The highest BCUT2D eigenvalue weighted by Crippen LogP contribution is 2.03. The van der Waals surface area contributed by atoms with E-state index in [1.54, 1.807) is 18.4 Å². The van der Waals surface area contributed by atoms with Crippen molar-refractivity contribution in [2.45, 2.75) is 6.54 Å². The highest BCUT2D eigenvalue weighted by molar-refractivity contribution is 7.09. The van der Waals surface area contributed by atoms with E-state index in [0.717, 1.165) is 19.7 Å². The van der Waals surface area contributed by atoms with Gasteiger partial charge in [0.25, 0.3) is 0 Å². The van der Waals surface area contributed by atoms with Crippen LogP contribution in [0.1, 0.15) is 4.88 Å². The van der Waals surface area contributed by atoms with Crippen LogP contribution >= 0.6 is 11.3 Å². The van der Waals surface area contributed by atoms with E-state index in [0.29, 0.717) is 0 Å². The first-order valence-corrected chi connectivity index (χ1v) is 4.38. The maximum absolute atomic E-state index is 4.89. The molecular weight excluding hydrogens is 160 g/mol. The van der Waals surface area contributed by atoms with Crippen molar-refractivity contribution in [2.24, 2.45) is 0 Å². The average molecular weight is 172 g/mol. The fourth-order valence-electron chi connectivity index (χ4n) is 0.715. The summed E-state index contributed by atoms with van der Waals surface area (Å²) in [7, 11) is 1.70. The van der Waals surface area contributed by atoms with Crippen LogP contribution in [0, 0.1) is 0 Å². The molecule has 0 spiro atoms. The van der Waals surface area contributed by atoms with Gasteiger partial charge < -0.3 is 10.1 Å². The molecule has 62 valence electrons. The second-order valence-corrected chi connectivity index (χ2v) is 3.11. The fraction of sp³-hybridized carbons (Fsp3) is 0.571. The summed E-state index contributed by atoms with van der Waals surface area (Å²) in [6, 6.07) is 0. The van der Waals surface area contributed by atoms with Crippen LogP contribution in [0.2, 0.25) is 0 Å². The third-order valence-corrected chi connectivity index (χ3v) is 2.05. The zero-order valence-electron chi connectivity index (χ0n) is 6.54. The van der Waals surface area contributed by atoms with E-state index >= 15 is 0 Å². The van der Waals surface area contributed by atoms with Gasteiger partial charge in [-0.1, -0.05) is 0 Å². The fourth-order valence-corrected chi connectivity index (χ4v) is 1.28. The van der Waals surface area contributed by atoms with Crippen molar-refractivity contribution in [3.8, 4) is 0 Å². The van der Waals surface area contributed by atoms with Crippen molar-refractivity contribution < 1.29 is 4.74 Å². The Labute approximate surface area is 70.4 Å². The first kappa shape index (κ1) is 8.64. The number of nitrogens with one attached hydrogen (secondary N) is 1. The van der Waals surface area contributed by atoms with Gasteiger partial charge in [0, 0.05) is 31.3 Å². The smallest absolute Gasteiger partial charge is 0.0794 e. The van der Waals surface area contributed by atoms with Crippen molar-refractivity contribution >= 4 is 11.3 Å². The molecule has 0 bridgehead atoms. The van der Waals surface area contributed by atoms with Crippen LogP contribution in [0.4, 0.5) is 0 Å². The Balaban J connectivity index is 2.04. The minimum Gasteiger partial charge on any atom is -0.383 e. The van der Waals surface area contributed by atoms with E-state index in [1.807, 2.05) is 11.7 Å². The maximum Gasteiger partial charge on any atom is 0.0794 e. The van der Waals surface area contributed by atoms with E-state index in [9.17, 15) is 0 Å². The highest BCUT2D eigenvalue weighted by atomic mass is 32.1. The van der Waals surface area contributed by atoms with Crippen LogP contribution in [0.5, 0.6) is 0 Å². The van der Waals surface area contributed by atoms with Gasteiger partial charge in [0.1, 0.15) is 0 Å². The van der Waals surface area contributed by atoms with E-state index in [4.69, 9.17) is 4.74 Å². The third kappa shape index (κ3) is 3.46. The summed E-state index contributed by atoms with van der Waals surface area (Å²) in [5.41, 5.74) is 1.84. The summed E-state index contributed by atoms with van der Waals surface area (Å²) in [5, 5.41) is 3.23. The first-order chi connectivity index (χ1) is 5.43. The number of methoxy groups -OCH3 is 1. The Morgan fingerprint density at radius 2 is 2.64 bits per heavy atom. The largest absolute Gasteiger partial charge is 0.383 e. The van der Waals surface area contributed by atoms with Gasteiger partial charge in [-0.05, 0) is 0 Å². The van der Waals surface area contributed by atoms with Crippen molar-refractivity contribution in [3.63, 3.8) is 0 Å². The van der Waals surface area contributed by atoms with Gasteiger partial charge in [-0.2, -0.15) is 0 Å². The Morgan fingerprint density at radius 1 is 1.73 bits per heavy atom. The summed E-state index contributed by atoms with van der Waals surface area (Å²) in [4.78, 5) is 5.23. The zero-order valence-corrected chi connectivity index (χ0v) is 7.36. The zero-order chi connectivity index (χ0) is 7.94. The quantitative estimate of drug-likeness (QED) is 0.669.